The van der Waals surface area contributed by atoms with E-state index in [1.54, 1.807) is 0 Å². The number of aryl methyl sites for hydroxylation is 1. The molecule has 0 radical (unpaired) electrons. The molecule has 0 saturated carbocycles. The molecule has 0 bridgehead atoms. The van der Waals surface area contributed by atoms with Crippen molar-refractivity contribution < 1.29 is 0 Å². The Kier molecular flexibility index (Phi) is 6.74. The summed E-state index contributed by atoms with van der Waals surface area (Å²) in [5.41, 5.74) is 7.67. The van der Waals surface area contributed by atoms with Crippen LogP contribution in [0.4, 0.5) is 5.69 Å². The molecule has 0 spiro atoms. The monoisotopic (exact) mass is 433 g/mol. The molecule has 0 saturated heterocycles. The van der Waals surface area contributed by atoms with Crippen molar-refractivity contribution in [2.24, 2.45) is 0 Å². The summed E-state index contributed by atoms with van der Waals surface area (Å²) in [7, 11) is 0. The molecule has 2 heteroatoms. The van der Waals surface area contributed by atoms with Crippen LogP contribution in [0, 0.1) is 6.92 Å². The Bertz CT molecular complexity index is 946. The Balaban J connectivity index is 1.89. The molecule has 3 rings (SSSR count). The average molecular weight is 434 g/mol. The standard InChI is InChI=1S/C26H28BrN/c1-5-21-12-14-25(19(3)15-23-17-24(27)13-11-18(23)2)26(16-21)28-20(4)22-9-7-6-8-10-22/h5-14,16-17,19-20,28H,1,15H2,2-4H3/t19-,20?/m1/s1. The minimum atomic E-state index is 0.236. The minimum Gasteiger partial charge on any atom is -0.378 e. The Morgan fingerprint density at radius 2 is 1.75 bits per heavy atom. The molecule has 1 unspecified atom stereocenters. The number of anilines is 1. The van der Waals surface area contributed by atoms with E-state index in [1.807, 2.05) is 6.08 Å². The zero-order valence-corrected chi connectivity index (χ0v) is 18.5. The fraction of sp³-hybridized carbons (Fsp3) is 0.231. The van der Waals surface area contributed by atoms with Gasteiger partial charge in [0.15, 0.2) is 0 Å². The molecular weight excluding hydrogens is 406 g/mol. The highest BCUT2D eigenvalue weighted by atomic mass is 79.9. The van der Waals surface area contributed by atoms with Crippen molar-refractivity contribution >= 4 is 27.7 Å². The van der Waals surface area contributed by atoms with Gasteiger partial charge in [0.1, 0.15) is 0 Å². The Labute approximate surface area is 177 Å². The maximum atomic E-state index is 3.94. The highest BCUT2D eigenvalue weighted by Crippen LogP contribution is 2.32. The summed E-state index contributed by atoms with van der Waals surface area (Å²) in [6.07, 6.45) is 2.92. The molecule has 0 amide bonds. The van der Waals surface area contributed by atoms with Gasteiger partial charge >= 0.3 is 0 Å². The van der Waals surface area contributed by atoms with Crippen LogP contribution in [-0.4, -0.2) is 0 Å². The van der Waals surface area contributed by atoms with Crippen molar-refractivity contribution in [1.29, 1.82) is 0 Å². The molecule has 0 aliphatic heterocycles. The molecule has 3 aromatic carbocycles. The van der Waals surface area contributed by atoms with Gasteiger partial charge in [-0.05, 0) is 72.2 Å². The molecule has 2 atom stereocenters. The third-order valence-electron chi connectivity index (χ3n) is 5.35. The van der Waals surface area contributed by atoms with E-state index in [4.69, 9.17) is 0 Å². The zero-order valence-electron chi connectivity index (χ0n) is 16.9. The molecule has 0 aliphatic carbocycles. The predicted octanol–water partition coefficient (Wildman–Crippen LogP) is 7.92. The zero-order chi connectivity index (χ0) is 20.1. The van der Waals surface area contributed by atoms with Crippen LogP contribution >= 0.6 is 15.9 Å². The van der Waals surface area contributed by atoms with Crippen molar-refractivity contribution in [3.63, 3.8) is 0 Å². The van der Waals surface area contributed by atoms with E-state index >= 15 is 0 Å². The summed E-state index contributed by atoms with van der Waals surface area (Å²) in [5.74, 6) is 0.400. The average Bonchev–Trinajstić information content (AvgIpc) is 2.71. The van der Waals surface area contributed by atoms with Crippen LogP contribution in [0.25, 0.3) is 6.08 Å². The number of hydrogen-bond donors (Lipinski definition) is 1. The smallest absolute Gasteiger partial charge is 0.0485 e. The third-order valence-corrected chi connectivity index (χ3v) is 5.85. The Morgan fingerprint density at radius 1 is 1.00 bits per heavy atom. The third kappa shape index (κ3) is 4.94. The summed E-state index contributed by atoms with van der Waals surface area (Å²) in [4.78, 5) is 0. The molecular formula is C26H28BrN. The van der Waals surface area contributed by atoms with Gasteiger partial charge in [-0.25, -0.2) is 0 Å². The fourth-order valence-corrected chi connectivity index (χ4v) is 4.02. The highest BCUT2D eigenvalue weighted by molar-refractivity contribution is 9.10. The van der Waals surface area contributed by atoms with Crippen LogP contribution in [0.3, 0.4) is 0 Å². The van der Waals surface area contributed by atoms with E-state index in [9.17, 15) is 0 Å². The van der Waals surface area contributed by atoms with Crippen molar-refractivity contribution in [1.82, 2.24) is 0 Å². The van der Waals surface area contributed by atoms with Gasteiger partial charge in [0, 0.05) is 16.2 Å². The highest BCUT2D eigenvalue weighted by Gasteiger charge is 2.15. The second kappa shape index (κ2) is 9.25. The quantitative estimate of drug-likeness (QED) is 0.398. The molecule has 0 heterocycles. The van der Waals surface area contributed by atoms with Gasteiger partial charge in [-0.3, -0.25) is 0 Å². The first kappa shape index (κ1) is 20.4. The SMILES string of the molecule is C=Cc1ccc([C@H](C)Cc2cc(Br)ccc2C)c(NC(C)c2ccccc2)c1. The molecule has 0 fully saturated rings. The van der Waals surface area contributed by atoms with Crippen LogP contribution in [0.1, 0.15) is 53.6 Å². The topological polar surface area (TPSA) is 12.0 Å². The van der Waals surface area contributed by atoms with E-state index in [2.05, 4.69) is 115 Å². The summed E-state index contributed by atoms with van der Waals surface area (Å²) in [5, 5.41) is 3.74. The Hall–Kier alpha value is -2.32. The van der Waals surface area contributed by atoms with Crippen LogP contribution in [-0.2, 0) is 6.42 Å². The lowest BCUT2D eigenvalue weighted by atomic mass is 9.89. The second-order valence-corrected chi connectivity index (χ2v) is 8.42. The van der Waals surface area contributed by atoms with Crippen LogP contribution in [0.5, 0.6) is 0 Å². The predicted molar refractivity (Wildman–Crippen MR) is 126 cm³/mol. The van der Waals surface area contributed by atoms with Gasteiger partial charge in [-0.2, -0.15) is 0 Å². The van der Waals surface area contributed by atoms with E-state index in [1.165, 1.54) is 27.9 Å². The van der Waals surface area contributed by atoms with E-state index in [0.717, 1.165) is 16.5 Å². The van der Waals surface area contributed by atoms with Gasteiger partial charge in [-0.1, -0.05) is 84.0 Å². The Morgan fingerprint density at radius 3 is 2.46 bits per heavy atom. The van der Waals surface area contributed by atoms with Gasteiger partial charge in [0.2, 0.25) is 0 Å². The lowest BCUT2D eigenvalue weighted by Gasteiger charge is -2.23. The van der Waals surface area contributed by atoms with E-state index < -0.39 is 0 Å². The van der Waals surface area contributed by atoms with Gasteiger partial charge in [-0.15, -0.1) is 0 Å². The number of halogens is 1. The summed E-state index contributed by atoms with van der Waals surface area (Å²) >= 11 is 3.61. The molecule has 0 aliphatic rings. The van der Waals surface area contributed by atoms with E-state index in [-0.39, 0.29) is 6.04 Å². The second-order valence-electron chi connectivity index (χ2n) is 7.50. The van der Waals surface area contributed by atoms with Crippen molar-refractivity contribution in [3.8, 4) is 0 Å². The largest absolute Gasteiger partial charge is 0.378 e. The van der Waals surface area contributed by atoms with Gasteiger partial charge in [0.05, 0.1) is 0 Å². The van der Waals surface area contributed by atoms with Crippen molar-refractivity contribution in [3.05, 3.63) is 106 Å². The van der Waals surface area contributed by atoms with Crippen LogP contribution in [0.15, 0.2) is 77.8 Å². The lowest BCUT2D eigenvalue weighted by Crippen LogP contribution is -2.11. The molecule has 1 N–H and O–H groups in total. The number of benzene rings is 3. The lowest BCUT2D eigenvalue weighted by molar-refractivity contribution is 0.751. The van der Waals surface area contributed by atoms with Crippen LogP contribution < -0.4 is 5.32 Å². The van der Waals surface area contributed by atoms with Crippen LogP contribution in [0.2, 0.25) is 0 Å². The first-order chi connectivity index (χ1) is 13.5. The molecule has 144 valence electrons. The number of nitrogens with one attached hydrogen (secondary N) is 1. The molecule has 1 nitrogen and oxygen atoms in total. The number of rotatable bonds is 7. The summed E-state index contributed by atoms with van der Waals surface area (Å²) in [6, 6.07) is 24.0. The first-order valence-electron chi connectivity index (χ1n) is 9.81. The fourth-order valence-electron chi connectivity index (χ4n) is 3.61. The molecule has 28 heavy (non-hydrogen) atoms. The number of hydrogen-bond acceptors (Lipinski definition) is 1. The normalized spacial score (nSPS) is 13.0. The first-order valence-corrected chi connectivity index (χ1v) is 10.6. The summed E-state index contributed by atoms with van der Waals surface area (Å²) < 4.78 is 1.14. The van der Waals surface area contributed by atoms with E-state index in [0.29, 0.717) is 5.92 Å². The minimum absolute atomic E-state index is 0.236. The summed E-state index contributed by atoms with van der Waals surface area (Å²) in [6.45, 7) is 10.6. The molecule has 3 aromatic rings. The van der Waals surface area contributed by atoms with Gasteiger partial charge in [0.25, 0.3) is 0 Å². The maximum absolute atomic E-state index is 3.94. The molecule has 0 aromatic heterocycles. The van der Waals surface area contributed by atoms with Crippen molar-refractivity contribution in [2.45, 2.75) is 39.2 Å². The van der Waals surface area contributed by atoms with Gasteiger partial charge < -0.3 is 5.32 Å². The maximum Gasteiger partial charge on any atom is 0.0485 e. The van der Waals surface area contributed by atoms with Crippen molar-refractivity contribution in [2.75, 3.05) is 5.32 Å².